The van der Waals surface area contributed by atoms with Gasteiger partial charge in [-0.15, -0.1) is 0 Å². The van der Waals surface area contributed by atoms with E-state index in [1.165, 1.54) is 0 Å². The first-order valence-electron chi connectivity index (χ1n) is 4.30. The summed E-state index contributed by atoms with van der Waals surface area (Å²) < 4.78 is 0. The number of carbonyl (C=O) groups is 2. The van der Waals surface area contributed by atoms with Crippen LogP contribution in [0.3, 0.4) is 0 Å². The molecule has 0 aromatic heterocycles. The van der Waals surface area contributed by atoms with Gasteiger partial charge in [-0.2, -0.15) is 0 Å². The highest BCUT2D eigenvalue weighted by atomic mass is 16.2. The third kappa shape index (κ3) is 3.65. The van der Waals surface area contributed by atoms with Gasteiger partial charge < -0.3 is 0 Å². The fourth-order valence-corrected chi connectivity index (χ4v) is 0.786. The zero-order valence-electron chi connectivity index (χ0n) is 8.20. The van der Waals surface area contributed by atoms with Gasteiger partial charge in [-0.05, 0) is 6.92 Å². The molecule has 0 saturated carbocycles. The molecular weight excluding hydrogens is 164 g/mol. The molecule has 0 unspecified atom stereocenters. The Morgan fingerprint density at radius 1 is 1.15 bits per heavy atom. The minimum Gasteiger partial charge on any atom is -0.294 e. The summed E-state index contributed by atoms with van der Waals surface area (Å²) in [4.78, 5) is 20.8. The number of hydrogen-bond acceptors (Lipinski definition) is 2. The fourth-order valence-electron chi connectivity index (χ4n) is 0.786. The van der Waals surface area contributed by atoms with Crippen LogP contribution in [0, 0.1) is 6.92 Å². The van der Waals surface area contributed by atoms with Crippen molar-refractivity contribution in [3.8, 4) is 0 Å². The quantitative estimate of drug-likeness (QED) is 0.396. The van der Waals surface area contributed by atoms with E-state index in [1.54, 1.807) is 24.3 Å². The van der Waals surface area contributed by atoms with Crippen molar-refractivity contribution in [3.63, 3.8) is 0 Å². The van der Waals surface area contributed by atoms with E-state index < -0.39 is 5.78 Å². The fraction of sp³-hybridized carbons (Fsp3) is 0.273. The lowest BCUT2D eigenvalue weighted by Gasteiger charge is -1.93. The summed E-state index contributed by atoms with van der Waals surface area (Å²) in [7, 11) is 0. The van der Waals surface area contributed by atoms with Crippen molar-refractivity contribution in [1.82, 2.24) is 0 Å². The largest absolute Gasteiger partial charge is 0.294 e. The smallest absolute Gasteiger partial charge is 0.225 e. The summed E-state index contributed by atoms with van der Waals surface area (Å²) in [6.45, 7) is 5.93. The van der Waals surface area contributed by atoms with Crippen molar-refractivity contribution in [2.45, 2.75) is 20.8 Å². The minimum atomic E-state index is -0.468. The number of rotatable bonds is 2. The van der Waals surface area contributed by atoms with Gasteiger partial charge in [0.05, 0.1) is 0 Å². The van der Waals surface area contributed by atoms with Crippen LogP contribution in [0.4, 0.5) is 0 Å². The van der Waals surface area contributed by atoms with Crippen LogP contribution in [-0.4, -0.2) is 12.1 Å². The molecule has 0 aliphatic rings. The lowest BCUT2D eigenvalue weighted by Crippen LogP contribution is -1.98. The Kier molecular flexibility index (Phi) is 5.44. The second kappa shape index (κ2) is 6.12. The summed E-state index contributed by atoms with van der Waals surface area (Å²) in [6.07, 6.45) is 0.324. The molecule has 70 valence electrons. The monoisotopic (exact) mass is 178 g/mol. The van der Waals surface area contributed by atoms with Crippen molar-refractivity contribution in [3.05, 3.63) is 35.4 Å². The third-order valence-electron chi connectivity index (χ3n) is 1.44. The molecule has 1 rings (SSSR count). The molecule has 1 aromatic carbocycles. The average molecular weight is 178 g/mol. The minimum absolute atomic E-state index is 0.324. The average Bonchev–Trinajstić information content (AvgIpc) is 2.21. The molecule has 0 radical (unpaired) electrons. The van der Waals surface area contributed by atoms with Crippen molar-refractivity contribution in [2.24, 2.45) is 0 Å². The predicted molar refractivity (Wildman–Crippen MR) is 52.9 cm³/mol. The van der Waals surface area contributed by atoms with Crippen molar-refractivity contribution in [1.29, 1.82) is 0 Å². The van der Waals surface area contributed by atoms with Gasteiger partial charge in [0.2, 0.25) is 5.78 Å². The summed E-state index contributed by atoms with van der Waals surface area (Å²) in [5, 5.41) is 0. The molecule has 0 aliphatic carbocycles. The molecule has 0 spiro atoms. The molecule has 0 aliphatic heterocycles. The summed E-state index contributed by atoms with van der Waals surface area (Å²) in [5.74, 6) is -0.468. The van der Waals surface area contributed by atoms with E-state index in [9.17, 15) is 9.59 Å². The normalized spacial score (nSPS) is 8.23. The van der Waals surface area contributed by atoms with E-state index in [-0.39, 0.29) is 0 Å². The second-order valence-electron chi connectivity index (χ2n) is 2.35. The maximum absolute atomic E-state index is 10.8. The zero-order valence-corrected chi connectivity index (χ0v) is 8.20. The SMILES string of the molecule is CC.Cc1ccc(C(=O)C=O)cc1. The van der Waals surface area contributed by atoms with Gasteiger partial charge in [0, 0.05) is 5.56 Å². The molecule has 13 heavy (non-hydrogen) atoms. The van der Waals surface area contributed by atoms with Gasteiger partial charge in [0.15, 0.2) is 6.29 Å². The Labute approximate surface area is 78.6 Å². The number of carbonyl (C=O) groups excluding carboxylic acids is 2. The van der Waals surface area contributed by atoms with Crippen LogP contribution in [0.25, 0.3) is 0 Å². The highest BCUT2D eigenvalue weighted by Gasteiger charge is 2.00. The molecule has 2 heteroatoms. The number of ketones is 1. The highest BCUT2D eigenvalue weighted by molar-refractivity contribution is 6.33. The first kappa shape index (κ1) is 11.6. The maximum Gasteiger partial charge on any atom is 0.225 e. The highest BCUT2D eigenvalue weighted by Crippen LogP contribution is 2.02. The van der Waals surface area contributed by atoms with E-state index in [4.69, 9.17) is 0 Å². The Hall–Kier alpha value is -1.44. The Bertz CT molecular complexity index is 273. The zero-order chi connectivity index (χ0) is 10.3. The number of aryl methyl sites for hydroxylation is 1. The number of Topliss-reactive ketones (excluding diaryl/α,β-unsaturated/α-hetero) is 1. The molecule has 0 N–H and O–H groups in total. The molecule has 2 nitrogen and oxygen atoms in total. The molecule has 0 fully saturated rings. The summed E-state index contributed by atoms with van der Waals surface area (Å²) in [5.41, 5.74) is 1.53. The Morgan fingerprint density at radius 3 is 2.00 bits per heavy atom. The van der Waals surface area contributed by atoms with Crippen molar-refractivity contribution in [2.75, 3.05) is 0 Å². The standard InChI is InChI=1S/C9H8O2.C2H6/c1-7-2-4-8(5-3-7)9(11)6-10;1-2/h2-6H,1H3;1-2H3. The van der Waals surface area contributed by atoms with E-state index in [1.807, 2.05) is 20.8 Å². The van der Waals surface area contributed by atoms with Gasteiger partial charge in [-0.25, -0.2) is 0 Å². The van der Waals surface area contributed by atoms with Crippen LogP contribution in [0.1, 0.15) is 29.8 Å². The van der Waals surface area contributed by atoms with Crippen LogP contribution in [-0.2, 0) is 4.79 Å². The van der Waals surface area contributed by atoms with Gasteiger partial charge in [-0.1, -0.05) is 43.7 Å². The van der Waals surface area contributed by atoms with Crippen LogP contribution in [0.2, 0.25) is 0 Å². The maximum atomic E-state index is 10.8. The van der Waals surface area contributed by atoms with Gasteiger partial charge >= 0.3 is 0 Å². The van der Waals surface area contributed by atoms with Gasteiger partial charge in [0.25, 0.3) is 0 Å². The Balaban J connectivity index is 0.000000671. The van der Waals surface area contributed by atoms with E-state index in [0.717, 1.165) is 5.56 Å². The Morgan fingerprint density at radius 2 is 1.62 bits per heavy atom. The molecular formula is C11H14O2. The van der Waals surface area contributed by atoms with Crippen LogP contribution < -0.4 is 0 Å². The summed E-state index contributed by atoms with van der Waals surface area (Å²) >= 11 is 0. The molecule has 0 atom stereocenters. The van der Waals surface area contributed by atoms with Crippen molar-refractivity contribution >= 4 is 12.1 Å². The third-order valence-corrected chi connectivity index (χ3v) is 1.44. The predicted octanol–water partition coefficient (Wildman–Crippen LogP) is 2.40. The van der Waals surface area contributed by atoms with E-state index >= 15 is 0 Å². The van der Waals surface area contributed by atoms with Crippen molar-refractivity contribution < 1.29 is 9.59 Å². The number of aldehydes is 1. The molecule has 0 saturated heterocycles. The molecule has 1 aromatic rings. The first-order valence-corrected chi connectivity index (χ1v) is 4.30. The van der Waals surface area contributed by atoms with Gasteiger partial charge in [0.1, 0.15) is 0 Å². The topological polar surface area (TPSA) is 34.1 Å². The molecule has 0 amide bonds. The second-order valence-corrected chi connectivity index (χ2v) is 2.35. The lowest BCUT2D eigenvalue weighted by molar-refractivity contribution is -0.104. The first-order chi connectivity index (χ1) is 6.24. The van der Waals surface area contributed by atoms with Crippen LogP contribution >= 0.6 is 0 Å². The number of hydrogen-bond donors (Lipinski definition) is 0. The summed E-state index contributed by atoms with van der Waals surface area (Å²) in [6, 6.07) is 6.89. The van der Waals surface area contributed by atoms with Crippen LogP contribution in [0.15, 0.2) is 24.3 Å². The lowest BCUT2D eigenvalue weighted by atomic mass is 10.1. The van der Waals surface area contributed by atoms with E-state index in [2.05, 4.69) is 0 Å². The molecule has 0 heterocycles. The van der Waals surface area contributed by atoms with E-state index in [0.29, 0.717) is 11.8 Å². The van der Waals surface area contributed by atoms with Gasteiger partial charge in [-0.3, -0.25) is 9.59 Å². The number of benzene rings is 1. The molecule has 0 bridgehead atoms. The van der Waals surface area contributed by atoms with Crippen LogP contribution in [0.5, 0.6) is 0 Å².